The summed E-state index contributed by atoms with van der Waals surface area (Å²) in [6, 6.07) is 8.72. The number of halogens is 1. The number of amides is 3. The molecule has 0 bridgehead atoms. The number of non-ortho nitro benzene ring substituents is 1. The second-order valence-electron chi connectivity index (χ2n) is 6.69. The van der Waals surface area contributed by atoms with Crippen LogP contribution in [-0.2, 0) is 11.4 Å². The zero-order chi connectivity index (χ0) is 22.5. The lowest BCUT2D eigenvalue weighted by atomic mass is 10.1. The number of nitro groups is 1. The minimum Gasteiger partial charge on any atom is -0.493 e. The highest BCUT2D eigenvalue weighted by Gasteiger charge is 2.32. The Kier molecular flexibility index (Phi) is 6.76. The maximum absolute atomic E-state index is 12.4. The molecular formula is C21H20ClN3O6. The predicted octanol–water partition coefficient (Wildman–Crippen LogP) is 4.14. The maximum Gasteiger partial charge on any atom is 0.329 e. The van der Waals surface area contributed by atoms with Gasteiger partial charge in [-0.3, -0.25) is 19.8 Å². The molecule has 1 aliphatic rings. The summed E-state index contributed by atoms with van der Waals surface area (Å²) in [6.45, 7) is 2.33. The zero-order valence-electron chi connectivity index (χ0n) is 16.9. The molecule has 0 unspecified atom stereocenters. The fraction of sp³-hybridized carbons (Fsp3) is 0.238. The van der Waals surface area contributed by atoms with Gasteiger partial charge < -0.3 is 14.8 Å². The molecule has 2 aromatic carbocycles. The van der Waals surface area contributed by atoms with E-state index in [2.05, 4.69) is 5.32 Å². The predicted molar refractivity (Wildman–Crippen MR) is 114 cm³/mol. The van der Waals surface area contributed by atoms with Crippen LogP contribution in [0, 0.1) is 10.1 Å². The summed E-state index contributed by atoms with van der Waals surface area (Å²) < 4.78 is 11.1. The lowest BCUT2D eigenvalue weighted by molar-refractivity contribution is -0.384. The van der Waals surface area contributed by atoms with Gasteiger partial charge in [-0.2, -0.15) is 0 Å². The fourth-order valence-corrected chi connectivity index (χ4v) is 3.27. The Morgan fingerprint density at radius 3 is 2.55 bits per heavy atom. The lowest BCUT2D eigenvalue weighted by Gasteiger charge is -2.13. The molecule has 0 aromatic heterocycles. The van der Waals surface area contributed by atoms with Crippen LogP contribution in [0.3, 0.4) is 0 Å². The van der Waals surface area contributed by atoms with Crippen LogP contribution in [0.1, 0.15) is 24.5 Å². The molecule has 1 fully saturated rings. The van der Waals surface area contributed by atoms with Crippen molar-refractivity contribution in [3.05, 3.63) is 68.4 Å². The topological polar surface area (TPSA) is 111 Å². The first-order valence-electron chi connectivity index (χ1n) is 9.42. The first-order chi connectivity index (χ1) is 14.8. The summed E-state index contributed by atoms with van der Waals surface area (Å²) in [7, 11) is 1.45. The van der Waals surface area contributed by atoms with Crippen LogP contribution in [0.4, 0.5) is 10.5 Å². The molecule has 1 heterocycles. The molecule has 0 spiro atoms. The number of nitrogens with zero attached hydrogens (tertiary/aromatic N) is 2. The summed E-state index contributed by atoms with van der Waals surface area (Å²) in [4.78, 5) is 35.8. The van der Waals surface area contributed by atoms with Crippen LogP contribution >= 0.6 is 11.6 Å². The van der Waals surface area contributed by atoms with Gasteiger partial charge in [0, 0.05) is 18.7 Å². The van der Waals surface area contributed by atoms with E-state index < -0.39 is 16.9 Å². The van der Waals surface area contributed by atoms with E-state index in [9.17, 15) is 19.7 Å². The van der Waals surface area contributed by atoms with Gasteiger partial charge in [0.2, 0.25) is 0 Å². The minimum absolute atomic E-state index is 0.0113. The smallest absolute Gasteiger partial charge is 0.329 e. The second-order valence-corrected chi connectivity index (χ2v) is 7.10. The summed E-state index contributed by atoms with van der Waals surface area (Å²) in [5.41, 5.74) is 1.40. The van der Waals surface area contributed by atoms with E-state index in [-0.39, 0.29) is 23.0 Å². The molecule has 0 atom stereocenters. The number of nitrogens with one attached hydrogen (secondary N) is 1. The maximum atomic E-state index is 12.4. The van der Waals surface area contributed by atoms with E-state index in [0.29, 0.717) is 35.6 Å². The van der Waals surface area contributed by atoms with Gasteiger partial charge in [0.1, 0.15) is 12.3 Å². The quantitative estimate of drug-likeness (QED) is 0.283. The molecule has 10 heteroatoms. The number of hydrogen-bond acceptors (Lipinski definition) is 6. The van der Waals surface area contributed by atoms with Crippen molar-refractivity contribution in [3.8, 4) is 11.5 Å². The molecule has 31 heavy (non-hydrogen) atoms. The van der Waals surface area contributed by atoms with Crippen molar-refractivity contribution in [1.29, 1.82) is 0 Å². The molecule has 1 aliphatic heterocycles. The van der Waals surface area contributed by atoms with Gasteiger partial charge in [0.15, 0.2) is 11.5 Å². The molecule has 9 nitrogen and oxygen atoms in total. The molecule has 3 rings (SSSR count). The zero-order valence-corrected chi connectivity index (χ0v) is 17.6. The Balaban J connectivity index is 1.79. The van der Waals surface area contributed by atoms with E-state index in [0.717, 1.165) is 4.90 Å². The number of nitro benzene ring substituents is 1. The van der Waals surface area contributed by atoms with E-state index in [1.807, 2.05) is 6.92 Å². The van der Waals surface area contributed by atoms with Crippen molar-refractivity contribution in [1.82, 2.24) is 10.2 Å². The SMILES string of the molecule is CCCN1C(=O)N/C(=C/c2cc(Cl)c(OCc3ccc([N+](=O)[O-])cc3)c(OC)c2)C1=O. The molecule has 1 saturated heterocycles. The Hall–Kier alpha value is -3.59. The summed E-state index contributed by atoms with van der Waals surface area (Å²) in [6.07, 6.45) is 2.18. The van der Waals surface area contributed by atoms with Crippen LogP contribution in [0.5, 0.6) is 11.5 Å². The van der Waals surface area contributed by atoms with Gasteiger partial charge in [-0.05, 0) is 47.9 Å². The van der Waals surface area contributed by atoms with Crippen molar-refractivity contribution in [2.75, 3.05) is 13.7 Å². The van der Waals surface area contributed by atoms with E-state index in [1.165, 1.54) is 25.3 Å². The molecule has 162 valence electrons. The van der Waals surface area contributed by atoms with E-state index in [4.69, 9.17) is 21.1 Å². The number of carbonyl (C=O) groups excluding carboxylic acids is 2. The number of imide groups is 1. The minimum atomic E-state index is -0.475. The van der Waals surface area contributed by atoms with Crippen molar-refractivity contribution >= 4 is 35.3 Å². The fourth-order valence-electron chi connectivity index (χ4n) is 3.00. The number of hydrogen-bond donors (Lipinski definition) is 1. The Labute approximate surface area is 183 Å². The number of urea groups is 1. The van der Waals surface area contributed by atoms with E-state index in [1.54, 1.807) is 24.3 Å². The van der Waals surface area contributed by atoms with Crippen molar-refractivity contribution in [3.63, 3.8) is 0 Å². The van der Waals surface area contributed by atoms with Crippen LogP contribution < -0.4 is 14.8 Å². The summed E-state index contributed by atoms with van der Waals surface area (Å²) >= 11 is 6.37. The van der Waals surface area contributed by atoms with Crippen LogP contribution in [-0.4, -0.2) is 35.4 Å². The number of rotatable bonds is 8. The van der Waals surface area contributed by atoms with Crippen molar-refractivity contribution < 1.29 is 24.0 Å². The first kappa shape index (κ1) is 22.1. The van der Waals surface area contributed by atoms with E-state index >= 15 is 0 Å². The number of ether oxygens (including phenoxy) is 2. The highest BCUT2D eigenvalue weighted by atomic mass is 35.5. The van der Waals surface area contributed by atoms with Gasteiger partial charge in [0.25, 0.3) is 11.6 Å². The van der Waals surface area contributed by atoms with Gasteiger partial charge >= 0.3 is 6.03 Å². The lowest BCUT2D eigenvalue weighted by Crippen LogP contribution is -2.31. The monoisotopic (exact) mass is 445 g/mol. The third kappa shape index (κ3) is 4.95. The number of benzene rings is 2. The van der Waals surface area contributed by atoms with Crippen LogP contribution in [0.25, 0.3) is 6.08 Å². The third-order valence-electron chi connectivity index (χ3n) is 4.50. The van der Waals surface area contributed by atoms with Crippen LogP contribution in [0.15, 0.2) is 42.1 Å². The molecule has 3 amide bonds. The highest BCUT2D eigenvalue weighted by molar-refractivity contribution is 6.32. The number of carbonyl (C=O) groups is 2. The average Bonchev–Trinajstić information content (AvgIpc) is 3.00. The average molecular weight is 446 g/mol. The van der Waals surface area contributed by atoms with Gasteiger partial charge in [0.05, 0.1) is 17.1 Å². The molecule has 0 radical (unpaired) electrons. The Morgan fingerprint density at radius 2 is 1.94 bits per heavy atom. The first-order valence-corrected chi connectivity index (χ1v) is 9.80. The van der Waals surface area contributed by atoms with Crippen LogP contribution in [0.2, 0.25) is 5.02 Å². The summed E-state index contributed by atoms with van der Waals surface area (Å²) in [5.74, 6) is 0.225. The Bertz CT molecular complexity index is 1050. The summed E-state index contributed by atoms with van der Waals surface area (Å²) in [5, 5.41) is 13.6. The molecule has 2 aromatic rings. The molecule has 0 saturated carbocycles. The largest absolute Gasteiger partial charge is 0.493 e. The molecule has 1 N–H and O–H groups in total. The van der Waals surface area contributed by atoms with Gasteiger partial charge in [-0.15, -0.1) is 0 Å². The Morgan fingerprint density at radius 1 is 1.23 bits per heavy atom. The number of methoxy groups -OCH3 is 1. The van der Waals surface area contributed by atoms with Gasteiger partial charge in [-0.25, -0.2) is 4.79 Å². The highest BCUT2D eigenvalue weighted by Crippen LogP contribution is 2.37. The molecular weight excluding hydrogens is 426 g/mol. The second kappa shape index (κ2) is 9.48. The third-order valence-corrected chi connectivity index (χ3v) is 4.78. The van der Waals surface area contributed by atoms with Crippen molar-refractivity contribution in [2.45, 2.75) is 20.0 Å². The standard InChI is InChI=1S/C21H20ClN3O6/c1-3-8-24-20(26)17(23-21(24)27)10-14-9-16(22)19(18(11-14)30-2)31-12-13-4-6-15(7-5-13)25(28)29/h4-7,9-11H,3,8,12H2,1-2H3,(H,23,27)/b17-10+. The van der Waals surface area contributed by atoms with Crippen molar-refractivity contribution in [2.24, 2.45) is 0 Å². The normalized spacial score (nSPS) is 14.7. The molecule has 0 aliphatic carbocycles. The van der Waals surface area contributed by atoms with Gasteiger partial charge in [-0.1, -0.05) is 18.5 Å².